The fraction of sp³-hybridized carbons (Fsp3) is 0.462. The van der Waals surface area contributed by atoms with Crippen LogP contribution >= 0.6 is 0 Å². The molecular formula is C13H14O3. The van der Waals surface area contributed by atoms with Gasteiger partial charge in [0.05, 0.1) is 12.7 Å². The third kappa shape index (κ3) is 0.944. The molecule has 3 heteroatoms. The molecule has 1 saturated heterocycles. The summed E-state index contributed by atoms with van der Waals surface area (Å²) in [6.45, 7) is 2.05. The number of hydrogen-bond donors (Lipinski definition) is 0. The molecule has 2 atom stereocenters. The van der Waals surface area contributed by atoms with Crippen molar-refractivity contribution in [3.05, 3.63) is 35.4 Å². The zero-order valence-corrected chi connectivity index (χ0v) is 9.45. The molecule has 2 aliphatic heterocycles. The van der Waals surface area contributed by atoms with E-state index < -0.39 is 5.60 Å². The Kier molecular flexibility index (Phi) is 1.76. The predicted octanol–water partition coefficient (Wildman–Crippen LogP) is 2.09. The average molecular weight is 218 g/mol. The number of ether oxygens (including phenoxy) is 2. The smallest absolute Gasteiger partial charge is 0.342 e. The van der Waals surface area contributed by atoms with Crippen LogP contribution in [0.3, 0.4) is 0 Å². The lowest BCUT2D eigenvalue weighted by Crippen LogP contribution is -2.34. The van der Waals surface area contributed by atoms with Gasteiger partial charge in [-0.15, -0.1) is 0 Å². The van der Waals surface area contributed by atoms with Crippen molar-refractivity contribution in [2.24, 2.45) is 0 Å². The van der Waals surface area contributed by atoms with Crippen LogP contribution in [0.1, 0.15) is 30.9 Å². The first-order valence-electron chi connectivity index (χ1n) is 5.51. The van der Waals surface area contributed by atoms with Crippen LogP contribution in [-0.2, 0) is 25.5 Å². The van der Waals surface area contributed by atoms with Crippen molar-refractivity contribution >= 4 is 5.97 Å². The second kappa shape index (κ2) is 2.86. The number of methoxy groups -OCH3 is 1. The maximum Gasteiger partial charge on any atom is 0.342 e. The van der Waals surface area contributed by atoms with Gasteiger partial charge in [0.1, 0.15) is 0 Å². The van der Waals surface area contributed by atoms with E-state index in [4.69, 9.17) is 9.47 Å². The summed E-state index contributed by atoms with van der Waals surface area (Å²) in [7, 11) is 1.41. The van der Waals surface area contributed by atoms with Gasteiger partial charge in [-0.05, 0) is 25.3 Å². The number of hydrogen-bond acceptors (Lipinski definition) is 3. The third-order valence-corrected chi connectivity index (χ3v) is 3.80. The Balaban J connectivity index is 2.22. The Hall–Kier alpha value is -1.35. The topological polar surface area (TPSA) is 35.5 Å². The highest BCUT2D eigenvalue weighted by molar-refractivity contribution is 5.84. The lowest BCUT2D eigenvalue weighted by atomic mass is 9.77. The molecule has 1 aromatic rings. The standard InChI is InChI=1S/C13H14O3/c1-12-7-8-13(16-12,11(14)15-2)10-6-4-3-5-9(10)12/h3-6H,7-8H2,1-2H3/t12-,13+/m0/s1. The fourth-order valence-electron chi connectivity index (χ4n) is 3.00. The van der Waals surface area contributed by atoms with E-state index in [-0.39, 0.29) is 11.6 Å². The molecule has 1 fully saturated rings. The molecule has 2 aliphatic rings. The minimum absolute atomic E-state index is 0.277. The van der Waals surface area contributed by atoms with E-state index >= 15 is 0 Å². The number of fused-ring (bicyclic) bond motifs is 5. The Bertz CT molecular complexity index is 468. The summed E-state index contributed by atoms with van der Waals surface area (Å²) < 4.78 is 10.9. The molecule has 0 unspecified atom stereocenters. The van der Waals surface area contributed by atoms with Crippen LogP contribution in [0, 0.1) is 0 Å². The molecule has 3 nitrogen and oxygen atoms in total. The number of esters is 1. The highest BCUT2D eigenvalue weighted by Gasteiger charge is 2.61. The van der Waals surface area contributed by atoms with E-state index in [1.165, 1.54) is 7.11 Å². The van der Waals surface area contributed by atoms with Crippen molar-refractivity contribution in [2.75, 3.05) is 7.11 Å². The van der Waals surface area contributed by atoms with E-state index in [2.05, 4.69) is 0 Å². The fourth-order valence-corrected chi connectivity index (χ4v) is 3.00. The molecule has 0 radical (unpaired) electrons. The van der Waals surface area contributed by atoms with Crippen LogP contribution in [0.5, 0.6) is 0 Å². The van der Waals surface area contributed by atoms with Gasteiger partial charge in [0.25, 0.3) is 0 Å². The van der Waals surface area contributed by atoms with E-state index in [0.717, 1.165) is 17.5 Å². The van der Waals surface area contributed by atoms with Gasteiger partial charge in [-0.1, -0.05) is 24.3 Å². The van der Waals surface area contributed by atoms with Gasteiger partial charge in [0.15, 0.2) is 5.60 Å². The van der Waals surface area contributed by atoms with E-state index in [1.807, 2.05) is 31.2 Å². The summed E-state index contributed by atoms with van der Waals surface area (Å²) in [5, 5.41) is 0. The Morgan fingerprint density at radius 1 is 1.31 bits per heavy atom. The second-order valence-electron chi connectivity index (χ2n) is 4.70. The van der Waals surface area contributed by atoms with Crippen molar-refractivity contribution in [3.8, 4) is 0 Å². The quantitative estimate of drug-likeness (QED) is 0.677. The van der Waals surface area contributed by atoms with Gasteiger partial charge in [-0.3, -0.25) is 0 Å². The maximum absolute atomic E-state index is 12.0. The van der Waals surface area contributed by atoms with E-state index in [0.29, 0.717) is 6.42 Å². The monoisotopic (exact) mass is 218 g/mol. The van der Waals surface area contributed by atoms with Crippen molar-refractivity contribution in [1.82, 2.24) is 0 Å². The zero-order chi connectivity index (χ0) is 11.4. The lowest BCUT2D eigenvalue weighted by molar-refractivity contribution is -0.172. The first-order chi connectivity index (χ1) is 7.62. The molecule has 0 aromatic heterocycles. The Labute approximate surface area is 94.4 Å². The van der Waals surface area contributed by atoms with Crippen LogP contribution < -0.4 is 0 Å². The number of benzene rings is 1. The minimum Gasteiger partial charge on any atom is -0.467 e. The normalized spacial score (nSPS) is 34.9. The van der Waals surface area contributed by atoms with Crippen LogP contribution in [-0.4, -0.2) is 13.1 Å². The lowest BCUT2D eigenvalue weighted by Gasteiger charge is -2.23. The average Bonchev–Trinajstić information content (AvgIpc) is 2.80. The van der Waals surface area contributed by atoms with Crippen LogP contribution in [0.2, 0.25) is 0 Å². The Morgan fingerprint density at radius 3 is 2.69 bits per heavy atom. The first-order valence-corrected chi connectivity index (χ1v) is 5.51. The van der Waals surface area contributed by atoms with Gasteiger partial charge in [0.2, 0.25) is 0 Å². The second-order valence-corrected chi connectivity index (χ2v) is 4.70. The summed E-state index contributed by atoms with van der Waals surface area (Å²) in [6.07, 6.45) is 1.59. The minimum atomic E-state index is -0.847. The van der Waals surface area contributed by atoms with Gasteiger partial charge < -0.3 is 9.47 Å². The number of rotatable bonds is 1. The van der Waals surface area contributed by atoms with Crippen LogP contribution in [0.25, 0.3) is 0 Å². The van der Waals surface area contributed by atoms with E-state index in [1.54, 1.807) is 0 Å². The molecule has 0 aliphatic carbocycles. The highest BCUT2D eigenvalue weighted by Crippen LogP contribution is 2.58. The molecule has 0 spiro atoms. The van der Waals surface area contributed by atoms with Crippen LogP contribution in [0.4, 0.5) is 0 Å². The molecule has 0 saturated carbocycles. The van der Waals surface area contributed by atoms with Crippen molar-refractivity contribution in [1.29, 1.82) is 0 Å². The van der Waals surface area contributed by atoms with Gasteiger partial charge in [-0.2, -0.15) is 0 Å². The summed E-state index contributed by atoms with van der Waals surface area (Å²) >= 11 is 0. The summed E-state index contributed by atoms with van der Waals surface area (Å²) in [4.78, 5) is 12.0. The largest absolute Gasteiger partial charge is 0.467 e. The molecular weight excluding hydrogens is 204 g/mol. The van der Waals surface area contributed by atoms with E-state index in [9.17, 15) is 4.79 Å². The molecule has 2 heterocycles. The summed E-state index contributed by atoms with van der Waals surface area (Å²) in [5.74, 6) is -0.277. The molecule has 84 valence electrons. The maximum atomic E-state index is 12.0. The van der Waals surface area contributed by atoms with Gasteiger partial charge in [-0.25, -0.2) is 4.79 Å². The highest BCUT2D eigenvalue weighted by atomic mass is 16.6. The van der Waals surface area contributed by atoms with Gasteiger partial charge >= 0.3 is 5.97 Å². The number of carbonyl (C=O) groups is 1. The Morgan fingerprint density at radius 2 is 2.00 bits per heavy atom. The van der Waals surface area contributed by atoms with Crippen LogP contribution in [0.15, 0.2) is 24.3 Å². The summed E-state index contributed by atoms with van der Waals surface area (Å²) in [6, 6.07) is 7.94. The molecule has 1 aromatic carbocycles. The third-order valence-electron chi connectivity index (χ3n) is 3.80. The molecule has 16 heavy (non-hydrogen) atoms. The first kappa shape index (κ1) is 9.85. The number of carbonyl (C=O) groups excluding carboxylic acids is 1. The summed E-state index contributed by atoms with van der Waals surface area (Å²) in [5.41, 5.74) is 0.951. The molecule has 2 bridgehead atoms. The van der Waals surface area contributed by atoms with Gasteiger partial charge in [0, 0.05) is 5.56 Å². The zero-order valence-electron chi connectivity index (χ0n) is 9.45. The SMILES string of the molecule is COC(=O)[C@]12CC[C@](C)(O1)c1ccccc12. The molecule has 0 amide bonds. The van der Waals surface area contributed by atoms with Crippen molar-refractivity contribution < 1.29 is 14.3 Å². The van der Waals surface area contributed by atoms with Crippen molar-refractivity contribution in [2.45, 2.75) is 31.0 Å². The molecule has 0 N–H and O–H groups in total. The molecule has 3 rings (SSSR count). The predicted molar refractivity (Wildman–Crippen MR) is 57.8 cm³/mol. The van der Waals surface area contributed by atoms with Crippen molar-refractivity contribution in [3.63, 3.8) is 0 Å².